The molecule has 0 aliphatic heterocycles. The number of nitro groups is 1. The van der Waals surface area contributed by atoms with E-state index in [1.807, 2.05) is 0 Å². The maximum absolute atomic E-state index is 12.0. The second-order valence-corrected chi connectivity index (χ2v) is 5.73. The second kappa shape index (κ2) is 10.2. The first kappa shape index (κ1) is 18.4. The average molecular weight is 327 g/mol. The highest BCUT2D eigenvalue weighted by Gasteiger charge is 2.19. The molecule has 0 spiro atoms. The molecule has 1 amide bonds. The van der Waals surface area contributed by atoms with Gasteiger partial charge in [0, 0.05) is 17.6 Å². The van der Waals surface area contributed by atoms with Gasteiger partial charge in [0.1, 0.15) is 5.56 Å². The zero-order chi connectivity index (χ0) is 16.4. The quantitative estimate of drug-likeness (QED) is 0.384. The number of nitrogens with one attached hydrogen (secondary N) is 1. The first-order valence-corrected chi connectivity index (χ1v) is 8.16. The monoisotopic (exact) mass is 326 g/mol. The molecule has 5 nitrogen and oxygen atoms in total. The molecule has 0 aromatic heterocycles. The normalized spacial score (nSPS) is 10.5. The van der Waals surface area contributed by atoms with Crippen LogP contribution < -0.4 is 5.32 Å². The number of benzene rings is 1. The van der Waals surface area contributed by atoms with Gasteiger partial charge in [0.15, 0.2) is 0 Å². The van der Waals surface area contributed by atoms with Gasteiger partial charge in [-0.15, -0.1) is 0 Å². The Kier molecular flexibility index (Phi) is 8.51. The van der Waals surface area contributed by atoms with E-state index >= 15 is 0 Å². The summed E-state index contributed by atoms with van der Waals surface area (Å²) in [5.41, 5.74) is -0.207. The molecule has 22 heavy (non-hydrogen) atoms. The number of carbonyl (C=O) groups excluding carboxylic acids is 1. The molecule has 1 aromatic rings. The van der Waals surface area contributed by atoms with Gasteiger partial charge in [0.25, 0.3) is 11.6 Å². The Morgan fingerprint density at radius 1 is 1.18 bits per heavy atom. The zero-order valence-corrected chi connectivity index (χ0v) is 13.7. The lowest BCUT2D eigenvalue weighted by molar-refractivity contribution is -0.385. The van der Waals surface area contributed by atoms with Crippen LogP contribution in [0.4, 0.5) is 5.69 Å². The predicted octanol–water partition coefficient (Wildman–Crippen LogP) is 4.73. The third-order valence-corrected chi connectivity index (χ3v) is 3.70. The number of rotatable bonds is 10. The Morgan fingerprint density at radius 3 is 2.45 bits per heavy atom. The van der Waals surface area contributed by atoms with Crippen LogP contribution in [0.5, 0.6) is 0 Å². The molecule has 0 bridgehead atoms. The molecule has 0 aliphatic rings. The summed E-state index contributed by atoms with van der Waals surface area (Å²) < 4.78 is 0. The molecular formula is C16H23ClN2O3. The summed E-state index contributed by atoms with van der Waals surface area (Å²) in [5, 5.41) is 14.0. The first-order valence-electron chi connectivity index (χ1n) is 7.78. The van der Waals surface area contributed by atoms with Crippen LogP contribution in [-0.2, 0) is 0 Å². The number of hydrogen-bond acceptors (Lipinski definition) is 3. The molecule has 0 radical (unpaired) electrons. The minimum Gasteiger partial charge on any atom is -0.352 e. The number of hydrogen-bond donors (Lipinski definition) is 1. The molecular weight excluding hydrogens is 304 g/mol. The topological polar surface area (TPSA) is 72.2 Å². The van der Waals surface area contributed by atoms with Gasteiger partial charge < -0.3 is 5.32 Å². The van der Waals surface area contributed by atoms with Gasteiger partial charge in [-0.3, -0.25) is 14.9 Å². The van der Waals surface area contributed by atoms with Gasteiger partial charge in [-0.1, -0.05) is 57.0 Å². The van der Waals surface area contributed by atoms with E-state index in [1.54, 1.807) is 0 Å². The zero-order valence-electron chi connectivity index (χ0n) is 12.9. The van der Waals surface area contributed by atoms with Crippen LogP contribution in [0.1, 0.15) is 62.2 Å². The van der Waals surface area contributed by atoms with Crippen molar-refractivity contribution in [2.24, 2.45) is 0 Å². The molecule has 0 atom stereocenters. The molecule has 1 aromatic carbocycles. The molecule has 0 unspecified atom stereocenters. The Balaban J connectivity index is 2.37. The van der Waals surface area contributed by atoms with Crippen LogP contribution in [0.3, 0.4) is 0 Å². The summed E-state index contributed by atoms with van der Waals surface area (Å²) >= 11 is 5.81. The van der Waals surface area contributed by atoms with E-state index in [4.69, 9.17) is 11.6 Å². The standard InChI is InChI=1S/C16H23ClN2O3/c1-2-3-4-5-6-7-8-11-18-16(20)14-12-13(17)9-10-15(14)19(21)22/h9-10,12H,2-8,11H2,1H3,(H,18,20). The van der Waals surface area contributed by atoms with Crippen molar-refractivity contribution in [2.45, 2.75) is 51.9 Å². The van der Waals surface area contributed by atoms with Crippen molar-refractivity contribution in [1.82, 2.24) is 5.32 Å². The maximum Gasteiger partial charge on any atom is 0.282 e. The molecule has 0 aliphatic carbocycles. The SMILES string of the molecule is CCCCCCCCCNC(=O)c1cc(Cl)ccc1[N+](=O)[O-]. The van der Waals surface area contributed by atoms with Gasteiger partial charge in [-0.25, -0.2) is 0 Å². The number of nitro benzene ring substituents is 1. The number of amides is 1. The van der Waals surface area contributed by atoms with Crippen molar-refractivity contribution >= 4 is 23.2 Å². The van der Waals surface area contributed by atoms with Gasteiger partial charge in [0.05, 0.1) is 4.92 Å². The van der Waals surface area contributed by atoms with Gasteiger partial charge in [0.2, 0.25) is 0 Å². The highest BCUT2D eigenvalue weighted by molar-refractivity contribution is 6.31. The van der Waals surface area contributed by atoms with Crippen LogP contribution in [-0.4, -0.2) is 17.4 Å². The molecule has 0 fully saturated rings. The fourth-order valence-electron chi connectivity index (χ4n) is 2.23. The van der Waals surface area contributed by atoms with E-state index in [2.05, 4.69) is 12.2 Å². The lowest BCUT2D eigenvalue weighted by atomic mass is 10.1. The molecule has 122 valence electrons. The van der Waals surface area contributed by atoms with E-state index in [0.29, 0.717) is 11.6 Å². The van der Waals surface area contributed by atoms with Gasteiger partial charge in [-0.2, -0.15) is 0 Å². The van der Waals surface area contributed by atoms with Crippen LogP contribution in [0, 0.1) is 10.1 Å². The number of halogens is 1. The van der Waals surface area contributed by atoms with Crippen molar-refractivity contribution in [3.05, 3.63) is 38.9 Å². The Labute approximate surface area is 136 Å². The largest absolute Gasteiger partial charge is 0.352 e. The number of nitrogens with zero attached hydrogens (tertiary/aromatic N) is 1. The highest BCUT2D eigenvalue weighted by Crippen LogP contribution is 2.22. The van der Waals surface area contributed by atoms with E-state index in [1.165, 1.54) is 43.9 Å². The third-order valence-electron chi connectivity index (χ3n) is 3.47. The van der Waals surface area contributed by atoms with Crippen molar-refractivity contribution in [3.8, 4) is 0 Å². The summed E-state index contributed by atoms with van der Waals surface area (Å²) in [4.78, 5) is 22.4. The van der Waals surface area contributed by atoms with E-state index in [-0.39, 0.29) is 11.3 Å². The lowest BCUT2D eigenvalue weighted by Crippen LogP contribution is -2.25. The third kappa shape index (κ3) is 6.43. The summed E-state index contributed by atoms with van der Waals surface area (Å²) in [7, 11) is 0. The minimum atomic E-state index is -0.570. The van der Waals surface area contributed by atoms with Crippen LogP contribution in [0.15, 0.2) is 18.2 Å². The molecule has 0 saturated heterocycles. The van der Waals surface area contributed by atoms with Crippen molar-refractivity contribution in [3.63, 3.8) is 0 Å². The molecule has 6 heteroatoms. The average Bonchev–Trinajstić information content (AvgIpc) is 2.49. The smallest absolute Gasteiger partial charge is 0.282 e. The van der Waals surface area contributed by atoms with Crippen LogP contribution >= 0.6 is 11.6 Å². The Morgan fingerprint density at radius 2 is 1.82 bits per heavy atom. The fraction of sp³-hybridized carbons (Fsp3) is 0.562. The molecule has 0 saturated carbocycles. The van der Waals surface area contributed by atoms with Gasteiger partial charge >= 0.3 is 0 Å². The summed E-state index contributed by atoms with van der Waals surface area (Å²) in [6.45, 7) is 2.71. The lowest BCUT2D eigenvalue weighted by Gasteiger charge is -2.06. The molecule has 0 heterocycles. The van der Waals surface area contributed by atoms with Crippen LogP contribution in [0.25, 0.3) is 0 Å². The van der Waals surface area contributed by atoms with Crippen LogP contribution in [0.2, 0.25) is 5.02 Å². The number of unbranched alkanes of at least 4 members (excludes halogenated alkanes) is 6. The van der Waals surface area contributed by atoms with E-state index in [0.717, 1.165) is 19.3 Å². The summed E-state index contributed by atoms with van der Waals surface area (Å²) in [6.07, 6.45) is 8.09. The minimum absolute atomic E-state index is 0.0143. The first-order chi connectivity index (χ1) is 10.6. The predicted molar refractivity (Wildman–Crippen MR) is 88.4 cm³/mol. The van der Waals surface area contributed by atoms with Crippen molar-refractivity contribution in [2.75, 3.05) is 6.54 Å². The maximum atomic E-state index is 12.0. The van der Waals surface area contributed by atoms with Crippen molar-refractivity contribution in [1.29, 1.82) is 0 Å². The summed E-state index contributed by atoms with van der Waals surface area (Å²) in [5.74, 6) is -0.444. The highest BCUT2D eigenvalue weighted by atomic mass is 35.5. The fourth-order valence-corrected chi connectivity index (χ4v) is 2.40. The van der Waals surface area contributed by atoms with E-state index < -0.39 is 10.8 Å². The second-order valence-electron chi connectivity index (χ2n) is 5.30. The molecule has 1 rings (SSSR count). The summed E-state index contributed by atoms with van der Waals surface area (Å²) in [6, 6.07) is 4.00. The molecule has 1 N–H and O–H groups in total. The van der Waals surface area contributed by atoms with Gasteiger partial charge in [-0.05, 0) is 18.6 Å². The van der Waals surface area contributed by atoms with Crippen molar-refractivity contribution < 1.29 is 9.72 Å². The Bertz CT molecular complexity index is 506. The van der Waals surface area contributed by atoms with E-state index in [9.17, 15) is 14.9 Å². The number of carbonyl (C=O) groups is 1. The Hall–Kier alpha value is -1.62.